The van der Waals surface area contributed by atoms with E-state index >= 15 is 0 Å². The van der Waals surface area contributed by atoms with Crippen LogP contribution in [0, 0.1) is 0 Å². The van der Waals surface area contributed by atoms with E-state index < -0.39 is 12.6 Å². The van der Waals surface area contributed by atoms with Gasteiger partial charge >= 0.3 is 5.97 Å². The molecule has 2 nitrogen and oxygen atoms in total. The van der Waals surface area contributed by atoms with Gasteiger partial charge in [0.15, 0.2) is 0 Å². The molecule has 0 spiro atoms. The molecule has 0 bridgehead atoms. The summed E-state index contributed by atoms with van der Waals surface area (Å²) >= 11 is 0. The molecular formula is C17H15FO2. The third kappa shape index (κ3) is 3.79. The van der Waals surface area contributed by atoms with Crippen LogP contribution in [0.1, 0.15) is 11.1 Å². The summed E-state index contributed by atoms with van der Waals surface area (Å²) < 4.78 is 17.0. The Labute approximate surface area is 117 Å². The molecule has 0 amide bonds. The molecule has 102 valence electrons. The van der Waals surface area contributed by atoms with Gasteiger partial charge in [0.2, 0.25) is 0 Å². The predicted molar refractivity (Wildman–Crippen MR) is 77.7 cm³/mol. The first-order valence-electron chi connectivity index (χ1n) is 6.36. The monoisotopic (exact) mass is 270 g/mol. The van der Waals surface area contributed by atoms with Crippen LogP contribution in [-0.4, -0.2) is 19.3 Å². The summed E-state index contributed by atoms with van der Waals surface area (Å²) in [7, 11) is 0. The summed E-state index contributed by atoms with van der Waals surface area (Å²) in [4.78, 5) is 12.0. The van der Waals surface area contributed by atoms with Gasteiger partial charge in [0, 0.05) is 0 Å². The number of alkyl halides is 1. The van der Waals surface area contributed by atoms with Crippen molar-refractivity contribution in [3.8, 4) is 0 Å². The molecule has 0 heterocycles. The van der Waals surface area contributed by atoms with Crippen molar-refractivity contribution in [1.82, 2.24) is 0 Å². The van der Waals surface area contributed by atoms with E-state index in [1.165, 1.54) is 0 Å². The topological polar surface area (TPSA) is 26.3 Å². The standard InChI is InChI=1S/C17H15FO2/c18-11-12-20-17(19)16(15-9-5-2-6-10-15)13-14-7-3-1-4-8-14/h1-10,13H,11-12H2/b16-13+. The number of hydrogen-bond donors (Lipinski definition) is 0. The molecule has 20 heavy (non-hydrogen) atoms. The fourth-order valence-electron chi connectivity index (χ4n) is 1.80. The van der Waals surface area contributed by atoms with E-state index in [4.69, 9.17) is 4.74 Å². The lowest BCUT2D eigenvalue weighted by Crippen LogP contribution is -2.09. The Hall–Kier alpha value is -2.42. The van der Waals surface area contributed by atoms with Gasteiger partial charge in [-0.3, -0.25) is 0 Å². The SMILES string of the molecule is O=C(OCCF)/C(=C/c1ccccc1)c1ccccc1. The van der Waals surface area contributed by atoms with E-state index in [1.807, 2.05) is 60.7 Å². The third-order valence-corrected chi connectivity index (χ3v) is 2.73. The van der Waals surface area contributed by atoms with Crippen LogP contribution in [0.25, 0.3) is 11.6 Å². The fourth-order valence-corrected chi connectivity index (χ4v) is 1.80. The summed E-state index contributed by atoms with van der Waals surface area (Å²) in [5.41, 5.74) is 2.06. The van der Waals surface area contributed by atoms with E-state index in [1.54, 1.807) is 6.08 Å². The molecule has 3 heteroatoms. The van der Waals surface area contributed by atoms with Gasteiger partial charge in [-0.25, -0.2) is 9.18 Å². The van der Waals surface area contributed by atoms with Gasteiger partial charge in [-0.1, -0.05) is 60.7 Å². The Kier molecular flexibility index (Phi) is 5.07. The van der Waals surface area contributed by atoms with E-state index in [9.17, 15) is 9.18 Å². The van der Waals surface area contributed by atoms with Gasteiger partial charge in [0.1, 0.15) is 13.3 Å². The molecule has 0 saturated heterocycles. The van der Waals surface area contributed by atoms with Crippen LogP contribution in [-0.2, 0) is 9.53 Å². The quantitative estimate of drug-likeness (QED) is 0.470. The summed E-state index contributed by atoms with van der Waals surface area (Å²) in [6.07, 6.45) is 1.75. The number of ether oxygens (including phenoxy) is 1. The maximum absolute atomic E-state index is 12.1. The largest absolute Gasteiger partial charge is 0.459 e. The summed E-state index contributed by atoms with van der Waals surface area (Å²) in [5.74, 6) is -0.516. The number of carbonyl (C=O) groups is 1. The Morgan fingerprint density at radius 1 is 1.00 bits per heavy atom. The van der Waals surface area contributed by atoms with Crippen LogP contribution in [0.3, 0.4) is 0 Å². The highest BCUT2D eigenvalue weighted by Gasteiger charge is 2.13. The molecule has 2 aromatic rings. The number of hydrogen-bond acceptors (Lipinski definition) is 2. The van der Waals surface area contributed by atoms with Gasteiger partial charge in [0.05, 0.1) is 5.57 Å². The van der Waals surface area contributed by atoms with E-state index in [0.29, 0.717) is 5.57 Å². The van der Waals surface area contributed by atoms with Crippen LogP contribution in [0.4, 0.5) is 4.39 Å². The molecule has 0 N–H and O–H groups in total. The first-order valence-corrected chi connectivity index (χ1v) is 6.36. The molecule has 0 unspecified atom stereocenters. The Balaban J connectivity index is 2.34. The Morgan fingerprint density at radius 3 is 2.20 bits per heavy atom. The zero-order valence-electron chi connectivity index (χ0n) is 11.0. The summed E-state index contributed by atoms with van der Waals surface area (Å²) in [6.45, 7) is -0.906. The van der Waals surface area contributed by atoms with Gasteiger partial charge in [-0.2, -0.15) is 0 Å². The van der Waals surface area contributed by atoms with Crippen molar-refractivity contribution >= 4 is 17.6 Å². The lowest BCUT2D eigenvalue weighted by atomic mass is 10.0. The molecule has 2 aromatic carbocycles. The molecule has 0 fully saturated rings. The maximum atomic E-state index is 12.1. The van der Waals surface area contributed by atoms with Crippen LogP contribution in [0.15, 0.2) is 60.7 Å². The van der Waals surface area contributed by atoms with Gasteiger partial charge in [0.25, 0.3) is 0 Å². The van der Waals surface area contributed by atoms with Crippen molar-refractivity contribution in [3.05, 3.63) is 71.8 Å². The first-order chi connectivity index (χ1) is 9.81. The molecular weight excluding hydrogens is 255 g/mol. The lowest BCUT2D eigenvalue weighted by molar-refractivity contribution is -0.136. The number of carbonyl (C=O) groups excluding carboxylic acids is 1. The number of benzene rings is 2. The molecule has 2 rings (SSSR count). The fraction of sp³-hybridized carbons (Fsp3) is 0.118. The van der Waals surface area contributed by atoms with Crippen LogP contribution < -0.4 is 0 Å². The van der Waals surface area contributed by atoms with Crippen molar-refractivity contribution in [2.45, 2.75) is 0 Å². The second-order valence-corrected chi connectivity index (χ2v) is 4.16. The number of esters is 1. The van der Waals surface area contributed by atoms with Gasteiger partial charge in [-0.05, 0) is 17.2 Å². The molecule has 0 aliphatic carbocycles. The van der Waals surface area contributed by atoms with Gasteiger partial charge < -0.3 is 4.74 Å². The van der Waals surface area contributed by atoms with Crippen molar-refractivity contribution in [3.63, 3.8) is 0 Å². The average molecular weight is 270 g/mol. The zero-order valence-corrected chi connectivity index (χ0v) is 11.0. The maximum Gasteiger partial charge on any atom is 0.338 e. The Morgan fingerprint density at radius 2 is 1.60 bits per heavy atom. The highest BCUT2D eigenvalue weighted by atomic mass is 19.1. The van der Waals surface area contributed by atoms with Crippen molar-refractivity contribution in [2.24, 2.45) is 0 Å². The second-order valence-electron chi connectivity index (χ2n) is 4.16. The van der Waals surface area contributed by atoms with Crippen molar-refractivity contribution in [1.29, 1.82) is 0 Å². The van der Waals surface area contributed by atoms with Crippen molar-refractivity contribution < 1.29 is 13.9 Å². The smallest absolute Gasteiger partial charge is 0.338 e. The number of rotatable bonds is 5. The van der Waals surface area contributed by atoms with Crippen LogP contribution in [0.2, 0.25) is 0 Å². The highest BCUT2D eigenvalue weighted by Crippen LogP contribution is 2.19. The lowest BCUT2D eigenvalue weighted by Gasteiger charge is -2.08. The summed E-state index contributed by atoms with van der Waals surface area (Å²) in [6, 6.07) is 18.7. The van der Waals surface area contributed by atoms with Gasteiger partial charge in [-0.15, -0.1) is 0 Å². The molecule has 0 saturated carbocycles. The second kappa shape index (κ2) is 7.24. The van der Waals surface area contributed by atoms with E-state index in [0.717, 1.165) is 11.1 Å². The van der Waals surface area contributed by atoms with E-state index in [-0.39, 0.29) is 6.61 Å². The normalized spacial score (nSPS) is 11.2. The molecule has 0 atom stereocenters. The van der Waals surface area contributed by atoms with Crippen LogP contribution in [0.5, 0.6) is 0 Å². The average Bonchev–Trinajstić information content (AvgIpc) is 2.52. The van der Waals surface area contributed by atoms with Crippen LogP contribution >= 0.6 is 0 Å². The first kappa shape index (κ1) is 14.0. The molecule has 0 radical (unpaired) electrons. The molecule has 0 aliphatic heterocycles. The zero-order chi connectivity index (χ0) is 14.2. The highest BCUT2D eigenvalue weighted by molar-refractivity contribution is 6.21. The van der Waals surface area contributed by atoms with Crippen molar-refractivity contribution in [2.75, 3.05) is 13.3 Å². The minimum atomic E-state index is -0.681. The summed E-state index contributed by atoms with van der Waals surface area (Å²) in [5, 5.41) is 0. The predicted octanol–water partition coefficient (Wildman–Crippen LogP) is 3.74. The minimum absolute atomic E-state index is 0.224. The molecule has 0 aliphatic rings. The number of halogens is 1. The minimum Gasteiger partial charge on any atom is -0.459 e. The third-order valence-electron chi connectivity index (χ3n) is 2.73. The Bertz CT molecular complexity index is 576. The van der Waals surface area contributed by atoms with E-state index in [2.05, 4.69) is 0 Å². The molecule has 0 aromatic heterocycles.